The average molecular weight is 307 g/mol. The molecule has 1 aliphatic rings. The van der Waals surface area contributed by atoms with E-state index in [9.17, 15) is 8.78 Å². The van der Waals surface area contributed by atoms with Crippen LogP contribution >= 0.6 is 15.9 Å². The van der Waals surface area contributed by atoms with Crippen molar-refractivity contribution in [3.8, 4) is 5.75 Å². The Morgan fingerprint density at radius 2 is 2.12 bits per heavy atom. The Bertz CT molecular complexity index is 405. The molecule has 1 fully saturated rings. The molecule has 94 valence electrons. The van der Waals surface area contributed by atoms with E-state index in [4.69, 9.17) is 9.47 Å². The molecular weight excluding hydrogens is 294 g/mol. The summed E-state index contributed by atoms with van der Waals surface area (Å²) in [5.74, 6) is 0.479. The molecule has 0 radical (unpaired) electrons. The Morgan fingerprint density at radius 3 is 2.65 bits per heavy atom. The van der Waals surface area contributed by atoms with Crippen molar-refractivity contribution in [2.24, 2.45) is 0 Å². The van der Waals surface area contributed by atoms with Gasteiger partial charge in [-0.05, 0) is 31.0 Å². The van der Waals surface area contributed by atoms with Crippen LogP contribution in [0.15, 0.2) is 22.7 Å². The lowest BCUT2D eigenvalue weighted by atomic mass is 9.95. The first-order valence-electron chi connectivity index (χ1n) is 5.30. The van der Waals surface area contributed by atoms with Gasteiger partial charge in [0.2, 0.25) is 6.43 Å². The van der Waals surface area contributed by atoms with Gasteiger partial charge in [-0.25, -0.2) is 8.78 Å². The summed E-state index contributed by atoms with van der Waals surface area (Å²) in [7, 11) is 1.50. The van der Waals surface area contributed by atoms with Gasteiger partial charge in [0.25, 0.3) is 0 Å². The molecule has 0 spiro atoms. The van der Waals surface area contributed by atoms with E-state index in [0.29, 0.717) is 24.2 Å². The highest BCUT2D eigenvalue weighted by molar-refractivity contribution is 9.10. The molecule has 1 aliphatic carbocycles. The largest absolute Gasteiger partial charge is 0.467 e. The summed E-state index contributed by atoms with van der Waals surface area (Å²) < 4.78 is 37.1. The fourth-order valence-corrected chi connectivity index (χ4v) is 2.24. The monoisotopic (exact) mass is 306 g/mol. The van der Waals surface area contributed by atoms with Crippen molar-refractivity contribution in [1.82, 2.24) is 0 Å². The van der Waals surface area contributed by atoms with Gasteiger partial charge < -0.3 is 9.47 Å². The zero-order chi connectivity index (χ0) is 12.5. The molecule has 2 rings (SSSR count). The highest BCUT2D eigenvalue weighted by Gasteiger charge is 2.54. The van der Waals surface area contributed by atoms with E-state index in [2.05, 4.69) is 15.9 Å². The van der Waals surface area contributed by atoms with Crippen molar-refractivity contribution in [2.75, 3.05) is 13.9 Å². The fourth-order valence-electron chi connectivity index (χ4n) is 1.88. The molecule has 1 saturated carbocycles. The zero-order valence-corrected chi connectivity index (χ0v) is 11.0. The molecule has 0 saturated heterocycles. The molecular formula is C12H13BrF2O2. The van der Waals surface area contributed by atoms with Gasteiger partial charge in [0.1, 0.15) is 5.75 Å². The summed E-state index contributed by atoms with van der Waals surface area (Å²) >= 11 is 3.30. The van der Waals surface area contributed by atoms with E-state index in [0.717, 1.165) is 4.47 Å². The first kappa shape index (κ1) is 12.8. The Hall–Kier alpha value is -0.680. The topological polar surface area (TPSA) is 18.5 Å². The van der Waals surface area contributed by atoms with Gasteiger partial charge in [0.15, 0.2) is 6.79 Å². The van der Waals surface area contributed by atoms with E-state index in [1.165, 1.54) is 7.11 Å². The van der Waals surface area contributed by atoms with Crippen LogP contribution in [0.2, 0.25) is 0 Å². The Labute approximate surface area is 107 Å². The van der Waals surface area contributed by atoms with Crippen LogP contribution in [0, 0.1) is 0 Å². The van der Waals surface area contributed by atoms with E-state index in [1.807, 2.05) is 0 Å². The molecule has 0 bridgehead atoms. The SMILES string of the molecule is COCOc1ccc(Br)cc1C1(C(F)F)CC1. The lowest BCUT2D eigenvalue weighted by Crippen LogP contribution is -2.19. The first-order chi connectivity index (χ1) is 8.10. The third kappa shape index (κ3) is 2.45. The van der Waals surface area contributed by atoms with Crippen molar-refractivity contribution in [3.63, 3.8) is 0 Å². The molecule has 0 N–H and O–H groups in total. The summed E-state index contributed by atoms with van der Waals surface area (Å²) in [5, 5.41) is 0. The van der Waals surface area contributed by atoms with Crippen LogP contribution in [0.3, 0.4) is 0 Å². The van der Waals surface area contributed by atoms with Gasteiger partial charge in [0, 0.05) is 17.1 Å². The van der Waals surface area contributed by atoms with Crippen LogP contribution in [-0.2, 0) is 10.2 Å². The molecule has 2 nitrogen and oxygen atoms in total. The van der Waals surface area contributed by atoms with E-state index >= 15 is 0 Å². The van der Waals surface area contributed by atoms with Gasteiger partial charge in [-0.3, -0.25) is 0 Å². The van der Waals surface area contributed by atoms with Crippen LogP contribution in [0.5, 0.6) is 5.75 Å². The van der Waals surface area contributed by atoms with Gasteiger partial charge in [-0.1, -0.05) is 15.9 Å². The molecule has 1 aromatic rings. The highest BCUT2D eigenvalue weighted by Crippen LogP contribution is 2.55. The smallest absolute Gasteiger partial charge is 0.248 e. The summed E-state index contributed by atoms with van der Waals surface area (Å²) in [5.41, 5.74) is -0.453. The maximum Gasteiger partial charge on any atom is 0.248 e. The molecule has 17 heavy (non-hydrogen) atoms. The predicted molar refractivity (Wildman–Crippen MR) is 63.6 cm³/mol. The van der Waals surface area contributed by atoms with E-state index < -0.39 is 11.8 Å². The first-order valence-corrected chi connectivity index (χ1v) is 6.09. The number of benzene rings is 1. The number of rotatable bonds is 5. The minimum absolute atomic E-state index is 0.0634. The van der Waals surface area contributed by atoms with E-state index in [1.54, 1.807) is 18.2 Å². The molecule has 0 aromatic heterocycles. The number of hydrogen-bond acceptors (Lipinski definition) is 2. The fraction of sp³-hybridized carbons (Fsp3) is 0.500. The second kappa shape index (κ2) is 4.90. The maximum absolute atomic E-state index is 13.1. The number of alkyl halides is 2. The predicted octanol–water partition coefficient (Wildman–Crippen LogP) is 3.73. The Morgan fingerprint density at radius 1 is 1.41 bits per heavy atom. The van der Waals surface area contributed by atoms with Crippen LogP contribution in [0.25, 0.3) is 0 Å². The second-order valence-corrected chi connectivity index (χ2v) is 5.06. The van der Waals surface area contributed by atoms with Crippen LogP contribution < -0.4 is 4.74 Å². The number of halogens is 3. The minimum atomic E-state index is -2.36. The number of methoxy groups -OCH3 is 1. The molecule has 0 atom stereocenters. The quantitative estimate of drug-likeness (QED) is 0.772. The third-order valence-corrected chi connectivity index (χ3v) is 3.51. The molecule has 0 amide bonds. The van der Waals surface area contributed by atoms with Crippen molar-refractivity contribution in [1.29, 1.82) is 0 Å². The molecule has 0 aliphatic heterocycles. The van der Waals surface area contributed by atoms with Crippen molar-refractivity contribution < 1.29 is 18.3 Å². The Balaban J connectivity index is 2.34. The normalized spacial score (nSPS) is 17.2. The summed E-state index contributed by atoms with van der Waals surface area (Å²) in [6.07, 6.45) is -1.35. The summed E-state index contributed by atoms with van der Waals surface area (Å²) in [6, 6.07) is 5.18. The molecule has 0 unspecified atom stereocenters. The standard InChI is InChI=1S/C12H13BrF2O2/c1-16-7-17-10-3-2-8(13)6-9(10)12(4-5-12)11(14)15/h2-3,6,11H,4-5,7H2,1H3. The summed E-state index contributed by atoms with van der Waals surface area (Å²) in [6.45, 7) is 0.0634. The zero-order valence-electron chi connectivity index (χ0n) is 9.38. The number of ether oxygens (including phenoxy) is 2. The van der Waals surface area contributed by atoms with Crippen molar-refractivity contribution in [2.45, 2.75) is 24.7 Å². The van der Waals surface area contributed by atoms with Crippen LogP contribution in [0.1, 0.15) is 18.4 Å². The molecule has 1 aromatic carbocycles. The average Bonchev–Trinajstić information content (AvgIpc) is 3.08. The van der Waals surface area contributed by atoms with Gasteiger partial charge in [-0.2, -0.15) is 0 Å². The van der Waals surface area contributed by atoms with Crippen LogP contribution in [0.4, 0.5) is 8.78 Å². The van der Waals surface area contributed by atoms with Crippen molar-refractivity contribution >= 4 is 15.9 Å². The Kier molecular flexibility index (Phi) is 3.68. The van der Waals surface area contributed by atoms with Crippen LogP contribution in [-0.4, -0.2) is 20.3 Å². The van der Waals surface area contributed by atoms with Gasteiger partial charge in [-0.15, -0.1) is 0 Å². The lowest BCUT2D eigenvalue weighted by Gasteiger charge is -2.19. The molecule has 0 heterocycles. The van der Waals surface area contributed by atoms with Gasteiger partial charge in [0.05, 0.1) is 5.41 Å². The van der Waals surface area contributed by atoms with Crippen molar-refractivity contribution in [3.05, 3.63) is 28.2 Å². The maximum atomic E-state index is 13.1. The summed E-state index contributed by atoms with van der Waals surface area (Å²) in [4.78, 5) is 0. The molecule has 5 heteroatoms. The third-order valence-electron chi connectivity index (χ3n) is 3.02. The van der Waals surface area contributed by atoms with Gasteiger partial charge >= 0.3 is 0 Å². The highest BCUT2D eigenvalue weighted by atomic mass is 79.9. The van der Waals surface area contributed by atoms with E-state index in [-0.39, 0.29) is 6.79 Å². The second-order valence-electron chi connectivity index (χ2n) is 4.15. The minimum Gasteiger partial charge on any atom is -0.467 e. The lowest BCUT2D eigenvalue weighted by molar-refractivity contribution is 0.0471. The number of hydrogen-bond donors (Lipinski definition) is 0.